The normalized spacial score (nSPS) is 12.9. The molecule has 0 aromatic rings. The van der Waals surface area contributed by atoms with Crippen molar-refractivity contribution in [2.45, 2.75) is 82.9 Å². The van der Waals surface area contributed by atoms with E-state index in [1.54, 1.807) is 0 Å². The Kier molecular flexibility index (Phi) is 14.5. The number of unbranched alkanes of at least 4 members (excludes halogenated alkanes) is 7. The molecule has 0 saturated carbocycles. The van der Waals surface area contributed by atoms with Gasteiger partial charge in [-0.1, -0.05) is 74.2 Å². The zero-order chi connectivity index (χ0) is 12.1. The van der Waals surface area contributed by atoms with Crippen LogP contribution in [-0.2, 0) is 0 Å². The fourth-order valence-corrected chi connectivity index (χ4v) is 2.63. The zero-order valence-electron chi connectivity index (χ0n) is 10.8. The van der Waals surface area contributed by atoms with E-state index in [9.17, 15) is 0 Å². The van der Waals surface area contributed by atoms with E-state index in [2.05, 4.69) is 22.9 Å². The van der Waals surface area contributed by atoms with Crippen LogP contribution in [0.5, 0.6) is 0 Å². The molecule has 16 heavy (non-hydrogen) atoms. The fourth-order valence-electron chi connectivity index (χ4n) is 1.93. The number of halogens is 2. The van der Waals surface area contributed by atoms with Gasteiger partial charge in [-0.25, -0.2) is 0 Å². The number of hydrogen-bond acceptors (Lipinski definition) is 0. The van der Waals surface area contributed by atoms with Gasteiger partial charge in [0.1, 0.15) is 0 Å². The summed E-state index contributed by atoms with van der Waals surface area (Å²) in [6.45, 7) is 2.27. The Bertz CT molecular complexity index is 128. The summed E-state index contributed by atoms with van der Waals surface area (Å²) in [6.07, 6.45) is 14.7. The third-order valence-electron chi connectivity index (χ3n) is 3.02. The first-order valence-corrected chi connectivity index (χ1v) is 8.57. The molecule has 0 heterocycles. The van der Waals surface area contributed by atoms with Crippen LogP contribution in [0.15, 0.2) is 0 Å². The first-order chi connectivity index (χ1) is 7.81. The third-order valence-corrected chi connectivity index (χ3v) is 4.02. The molecule has 0 aromatic heterocycles. The van der Waals surface area contributed by atoms with Crippen molar-refractivity contribution in [3.63, 3.8) is 0 Å². The van der Waals surface area contributed by atoms with Gasteiger partial charge in [-0.15, -0.1) is 11.6 Å². The molecule has 98 valence electrons. The smallest absolute Gasteiger partial charge is 0.0336 e. The molecule has 0 aliphatic carbocycles. The Labute approximate surface area is 116 Å². The molecular formula is C14H28BrCl. The van der Waals surface area contributed by atoms with Gasteiger partial charge in [0.25, 0.3) is 0 Å². The minimum Gasteiger partial charge on any atom is -0.123 e. The van der Waals surface area contributed by atoms with E-state index in [0.29, 0.717) is 5.38 Å². The second-order valence-corrected chi connectivity index (χ2v) is 6.10. The van der Waals surface area contributed by atoms with Crippen LogP contribution in [0, 0.1) is 0 Å². The highest BCUT2D eigenvalue weighted by atomic mass is 79.9. The standard InChI is InChI=1S/C14H28BrCl/c1-2-3-4-5-6-7-8-11-14(16)12-9-10-13-15/h14H,2-13H2,1H3. The van der Waals surface area contributed by atoms with E-state index >= 15 is 0 Å². The molecule has 0 saturated heterocycles. The maximum absolute atomic E-state index is 6.26. The van der Waals surface area contributed by atoms with Gasteiger partial charge in [0, 0.05) is 10.7 Å². The van der Waals surface area contributed by atoms with Gasteiger partial charge in [-0.2, -0.15) is 0 Å². The van der Waals surface area contributed by atoms with Gasteiger partial charge in [-0.3, -0.25) is 0 Å². The predicted octanol–water partition coefficient (Wildman–Crippen LogP) is 6.30. The highest BCUT2D eigenvalue weighted by Crippen LogP contribution is 2.17. The lowest BCUT2D eigenvalue weighted by Gasteiger charge is -2.08. The maximum Gasteiger partial charge on any atom is 0.0336 e. The third kappa shape index (κ3) is 12.8. The molecule has 0 radical (unpaired) electrons. The maximum atomic E-state index is 6.26. The van der Waals surface area contributed by atoms with Crippen LogP contribution in [0.2, 0.25) is 0 Å². The Morgan fingerprint density at radius 2 is 1.31 bits per heavy atom. The highest BCUT2D eigenvalue weighted by molar-refractivity contribution is 9.09. The summed E-state index contributed by atoms with van der Waals surface area (Å²) in [7, 11) is 0. The SMILES string of the molecule is CCCCCCCCCC(Cl)CCCCBr. The second kappa shape index (κ2) is 13.8. The predicted molar refractivity (Wildman–Crippen MR) is 79.9 cm³/mol. The van der Waals surface area contributed by atoms with Crippen LogP contribution in [0.25, 0.3) is 0 Å². The van der Waals surface area contributed by atoms with Crippen LogP contribution in [0.1, 0.15) is 77.6 Å². The summed E-state index contributed by atoms with van der Waals surface area (Å²) in [5.74, 6) is 0. The van der Waals surface area contributed by atoms with E-state index in [1.165, 1.54) is 70.6 Å². The van der Waals surface area contributed by atoms with Crippen LogP contribution < -0.4 is 0 Å². The molecule has 1 atom stereocenters. The number of hydrogen-bond donors (Lipinski definition) is 0. The summed E-state index contributed by atoms with van der Waals surface area (Å²) in [6, 6.07) is 0. The summed E-state index contributed by atoms with van der Waals surface area (Å²) < 4.78 is 0. The van der Waals surface area contributed by atoms with Crippen molar-refractivity contribution in [1.29, 1.82) is 0 Å². The van der Waals surface area contributed by atoms with E-state index in [1.807, 2.05) is 0 Å². The van der Waals surface area contributed by atoms with E-state index in [0.717, 1.165) is 5.33 Å². The van der Waals surface area contributed by atoms with E-state index < -0.39 is 0 Å². The van der Waals surface area contributed by atoms with Gasteiger partial charge < -0.3 is 0 Å². The zero-order valence-corrected chi connectivity index (χ0v) is 13.2. The Morgan fingerprint density at radius 3 is 1.88 bits per heavy atom. The number of rotatable bonds is 12. The molecular weight excluding hydrogens is 284 g/mol. The first kappa shape index (κ1) is 16.8. The van der Waals surface area contributed by atoms with Crippen molar-refractivity contribution in [1.82, 2.24) is 0 Å². The molecule has 2 heteroatoms. The molecule has 0 N–H and O–H groups in total. The Morgan fingerprint density at radius 1 is 0.812 bits per heavy atom. The van der Waals surface area contributed by atoms with Crippen LogP contribution in [0.4, 0.5) is 0 Å². The Balaban J connectivity index is 3.06. The number of alkyl halides is 2. The lowest BCUT2D eigenvalue weighted by atomic mass is 10.1. The van der Waals surface area contributed by atoms with Crippen molar-refractivity contribution in [2.75, 3.05) is 5.33 Å². The first-order valence-electron chi connectivity index (χ1n) is 7.01. The van der Waals surface area contributed by atoms with Crippen molar-refractivity contribution < 1.29 is 0 Å². The average molecular weight is 312 g/mol. The summed E-state index contributed by atoms with van der Waals surface area (Å²) >= 11 is 9.71. The second-order valence-electron chi connectivity index (χ2n) is 4.69. The molecule has 0 spiro atoms. The van der Waals surface area contributed by atoms with Gasteiger partial charge in [0.15, 0.2) is 0 Å². The topological polar surface area (TPSA) is 0 Å². The lowest BCUT2D eigenvalue weighted by molar-refractivity contribution is 0.552. The molecule has 0 nitrogen and oxygen atoms in total. The van der Waals surface area contributed by atoms with Gasteiger partial charge in [0.2, 0.25) is 0 Å². The van der Waals surface area contributed by atoms with E-state index in [-0.39, 0.29) is 0 Å². The molecule has 0 amide bonds. The van der Waals surface area contributed by atoms with Crippen molar-refractivity contribution >= 4 is 27.5 Å². The molecule has 0 aromatic carbocycles. The molecule has 1 unspecified atom stereocenters. The highest BCUT2D eigenvalue weighted by Gasteiger charge is 2.03. The summed E-state index contributed by atoms with van der Waals surface area (Å²) in [5, 5.41) is 1.54. The minimum atomic E-state index is 0.426. The minimum absolute atomic E-state index is 0.426. The van der Waals surface area contributed by atoms with Crippen LogP contribution >= 0.6 is 27.5 Å². The monoisotopic (exact) mass is 310 g/mol. The van der Waals surface area contributed by atoms with Gasteiger partial charge in [-0.05, 0) is 19.3 Å². The molecule has 0 rings (SSSR count). The van der Waals surface area contributed by atoms with Crippen molar-refractivity contribution in [3.8, 4) is 0 Å². The quantitative estimate of drug-likeness (QED) is 0.293. The average Bonchev–Trinajstić information content (AvgIpc) is 2.28. The largest absolute Gasteiger partial charge is 0.123 e. The van der Waals surface area contributed by atoms with Crippen LogP contribution in [0.3, 0.4) is 0 Å². The van der Waals surface area contributed by atoms with Gasteiger partial charge in [0.05, 0.1) is 0 Å². The molecule has 0 aliphatic rings. The lowest BCUT2D eigenvalue weighted by Crippen LogP contribution is -1.98. The summed E-state index contributed by atoms with van der Waals surface area (Å²) in [4.78, 5) is 0. The fraction of sp³-hybridized carbons (Fsp3) is 1.00. The van der Waals surface area contributed by atoms with Gasteiger partial charge >= 0.3 is 0 Å². The molecule has 0 bridgehead atoms. The van der Waals surface area contributed by atoms with E-state index in [4.69, 9.17) is 11.6 Å². The van der Waals surface area contributed by atoms with Crippen LogP contribution in [-0.4, -0.2) is 10.7 Å². The molecule has 0 aliphatic heterocycles. The van der Waals surface area contributed by atoms with Crippen molar-refractivity contribution in [3.05, 3.63) is 0 Å². The molecule has 0 fully saturated rings. The Hall–Kier alpha value is 0.770. The summed E-state index contributed by atoms with van der Waals surface area (Å²) in [5.41, 5.74) is 0. The van der Waals surface area contributed by atoms with Crippen molar-refractivity contribution in [2.24, 2.45) is 0 Å².